The number of allylic oxidation sites excluding steroid dienone is 2. The predicted octanol–water partition coefficient (Wildman–Crippen LogP) is 2.33. The molecule has 0 unspecified atom stereocenters. The van der Waals surface area contributed by atoms with Crippen LogP contribution < -0.4 is 5.73 Å². The van der Waals surface area contributed by atoms with Gasteiger partial charge in [0.05, 0.1) is 0 Å². The van der Waals surface area contributed by atoms with Crippen LogP contribution >= 0.6 is 0 Å². The van der Waals surface area contributed by atoms with Crippen molar-refractivity contribution in [1.29, 1.82) is 0 Å². The third kappa shape index (κ3) is 2.65. The summed E-state index contributed by atoms with van der Waals surface area (Å²) in [5.74, 6) is 0.772. The third-order valence-corrected chi connectivity index (χ3v) is 3.52. The van der Waals surface area contributed by atoms with Gasteiger partial charge in [0.1, 0.15) is 0 Å². The fraction of sp³-hybridized carbons (Fsp3) is 0.357. The average molecular weight is 255 g/mol. The van der Waals surface area contributed by atoms with Crippen LogP contribution in [-0.2, 0) is 6.42 Å². The number of aromatic amines is 1. The molecule has 0 spiro atoms. The Morgan fingerprint density at radius 1 is 1.26 bits per heavy atom. The van der Waals surface area contributed by atoms with E-state index >= 15 is 0 Å². The van der Waals surface area contributed by atoms with Crippen molar-refractivity contribution in [3.63, 3.8) is 0 Å². The Bertz CT molecular complexity index is 586. The summed E-state index contributed by atoms with van der Waals surface area (Å²) in [4.78, 5) is 0. The van der Waals surface area contributed by atoms with Crippen LogP contribution in [0.2, 0.25) is 0 Å². The number of hydrogen-bond acceptors (Lipinski definition) is 4. The van der Waals surface area contributed by atoms with Gasteiger partial charge in [-0.2, -0.15) is 0 Å². The van der Waals surface area contributed by atoms with Gasteiger partial charge in [-0.15, -0.1) is 5.10 Å². The molecule has 1 aliphatic rings. The zero-order valence-corrected chi connectivity index (χ0v) is 10.8. The first-order valence-electron chi connectivity index (χ1n) is 6.63. The lowest BCUT2D eigenvalue weighted by Gasteiger charge is -2.15. The number of nitrogens with zero attached hydrogens (tertiary/aromatic N) is 3. The lowest BCUT2D eigenvalue weighted by molar-refractivity contribution is 0.742. The van der Waals surface area contributed by atoms with Crippen molar-refractivity contribution >= 4 is 11.3 Å². The lowest BCUT2D eigenvalue weighted by atomic mass is 9.91. The van der Waals surface area contributed by atoms with Gasteiger partial charge in [0.15, 0.2) is 5.82 Å². The molecule has 1 aliphatic carbocycles. The molecule has 1 aromatic heterocycles. The summed E-state index contributed by atoms with van der Waals surface area (Å²) in [5, 5.41) is 13.9. The first-order chi connectivity index (χ1) is 9.33. The van der Waals surface area contributed by atoms with E-state index in [0.717, 1.165) is 24.4 Å². The molecule has 0 bridgehead atoms. The topological polar surface area (TPSA) is 80.5 Å². The van der Waals surface area contributed by atoms with E-state index in [1.807, 2.05) is 12.1 Å². The molecule has 0 amide bonds. The molecule has 0 aliphatic heterocycles. The molecule has 0 fully saturated rings. The highest BCUT2D eigenvalue weighted by Crippen LogP contribution is 2.31. The summed E-state index contributed by atoms with van der Waals surface area (Å²) in [5.41, 5.74) is 10.7. The molecule has 19 heavy (non-hydrogen) atoms. The zero-order chi connectivity index (χ0) is 13.1. The largest absolute Gasteiger partial charge is 0.398 e. The van der Waals surface area contributed by atoms with Crippen LogP contribution in [0.4, 0.5) is 5.69 Å². The van der Waals surface area contributed by atoms with Gasteiger partial charge in [0, 0.05) is 17.7 Å². The first-order valence-corrected chi connectivity index (χ1v) is 6.63. The van der Waals surface area contributed by atoms with E-state index in [4.69, 9.17) is 5.73 Å². The highest BCUT2D eigenvalue weighted by atomic mass is 15.5. The molecule has 98 valence electrons. The zero-order valence-electron chi connectivity index (χ0n) is 10.8. The maximum Gasteiger partial charge on any atom is 0.152 e. The number of nitrogens with two attached hydrogens (primary N) is 1. The molecule has 3 N–H and O–H groups in total. The summed E-state index contributed by atoms with van der Waals surface area (Å²) in [6.45, 7) is 0. The highest BCUT2D eigenvalue weighted by Gasteiger charge is 2.10. The fourth-order valence-corrected chi connectivity index (χ4v) is 2.52. The quantitative estimate of drug-likeness (QED) is 0.825. The number of H-pyrrole nitrogens is 1. The molecule has 3 rings (SSSR count). The maximum absolute atomic E-state index is 6.10. The monoisotopic (exact) mass is 255 g/mol. The smallest absolute Gasteiger partial charge is 0.152 e. The standard InChI is InChI=1S/C14H17N5/c15-13-7-6-10(9-14-16-18-19-17-14)8-12(13)11-4-2-1-3-5-11/h4,6-8H,1-3,5,9,15H2,(H,16,17,18,19). The number of anilines is 1. The molecular weight excluding hydrogens is 238 g/mol. The van der Waals surface area contributed by atoms with E-state index in [-0.39, 0.29) is 0 Å². The Hall–Kier alpha value is -2.17. The molecule has 0 saturated carbocycles. The molecule has 0 radical (unpaired) electrons. The van der Waals surface area contributed by atoms with Gasteiger partial charge >= 0.3 is 0 Å². The Labute approximate surface area is 111 Å². The summed E-state index contributed by atoms with van der Waals surface area (Å²) < 4.78 is 0. The van der Waals surface area contributed by atoms with Crippen molar-refractivity contribution < 1.29 is 0 Å². The van der Waals surface area contributed by atoms with E-state index in [1.54, 1.807) is 0 Å². The second kappa shape index (κ2) is 5.22. The lowest BCUT2D eigenvalue weighted by Crippen LogP contribution is -2.00. The number of nitrogens with one attached hydrogen (secondary N) is 1. The minimum absolute atomic E-state index is 0.702. The summed E-state index contributed by atoms with van der Waals surface area (Å²) in [7, 11) is 0. The van der Waals surface area contributed by atoms with Gasteiger partial charge in [-0.3, -0.25) is 0 Å². The summed E-state index contributed by atoms with van der Waals surface area (Å²) in [6, 6.07) is 6.17. The van der Waals surface area contributed by atoms with Crippen molar-refractivity contribution in [2.75, 3.05) is 5.73 Å². The van der Waals surface area contributed by atoms with E-state index < -0.39 is 0 Å². The fourth-order valence-electron chi connectivity index (χ4n) is 2.52. The summed E-state index contributed by atoms with van der Waals surface area (Å²) in [6.07, 6.45) is 7.83. The van der Waals surface area contributed by atoms with Gasteiger partial charge < -0.3 is 5.73 Å². The number of aromatic nitrogens is 4. The number of rotatable bonds is 3. The van der Waals surface area contributed by atoms with Crippen molar-refractivity contribution in [3.8, 4) is 0 Å². The van der Waals surface area contributed by atoms with Crippen molar-refractivity contribution in [1.82, 2.24) is 20.6 Å². The van der Waals surface area contributed by atoms with E-state index in [2.05, 4.69) is 32.8 Å². The molecule has 1 aromatic carbocycles. The average Bonchev–Trinajstić information content (AvgIpc) is 2.95. The van der Waals surface area contributed by atoms with Gasteiger partial charge in [-0.05, 0) is 59.4 Å². The van der Waals surface area contributed by atoms with E-state index in [1.165, 1.54) is 29.5 Å². The normalized spacial score (nSPS) is 15.3. The number of hydrogen-bond donors (Lipinski definition) is 2. The van der Waals surface area contributed by atoms with Crippen LogP contribution in [0.1, 0.15) is 42.6 Å². The van der Waals surface area contributed by atoms with Gasteiger partial charge in [0.2, 0.25) is 0 Å². The molecule has 5 nitrogen and oxygen atoms in total. The highest BCUT2D eigenvalue weighted by molar-refractivity contribution is 5.76. The molecule has 0 atom stereocenters. The molecule has 1 heterocycles. The van der Waals surface area contributed by atoms with Crippen molar-refractivity contribution in [2.24, 2.45) is 0 Å². The molecule has 0 saturated heterocycles. The Morgan fingerprint density at radius 2 is 2.21 bits per heavy atom. The first kappa shape index (κ1) is 11.9. The van der Waals surface area contributed by atoms with Gasteiger partial charge in [-0.25, -0.2) is 5.10 Å². The second-order valence-electron chi connectivity index (χ2n) is 4.92. The Kier molecular flexibility index (Phi) is 3.27. The van der Waals surface area contributed by atoms with E-state index in [9.17, 15) is 0 Å². The van der Waals surface area contributed by atoms with Crippen LogP contribution in [0, 0.1) is 0 Å². The van der Waals surface area contributed by atoms with Crippen molar-refractivity contribution in [2.45, 2.75) is 32.1 Å². The second-order valence-corrected chi connectivity index (χ2v) is 4.92. The number of tetrazole rings is 1. The molecule has 5 heteroatoms. The van der Waals surface area contributed by atoms with Gasteiger partial charge in [0.25, 0.3) is 0 Å². The number of benzene rings is 1. The van der Waals surface area contributed by atoms with Gasteiger partial charge in [-0.1, -0.05) is 12.1 Å². The summed E-state index contributed by atoms with van der Waals surface area (Å²) >= 11 is 0. The maximum atomic E-state index is 6.10. The third-order valence-electron chi connectivity index (χ3n) is 3.52. The minimum atomic E-state index is 0.702. The van der Waals surface area contributed by atoms with Crippen LogP contribution in [0.3, 0.4) is 0 Å². The van der Waals surface area contributed by atoms with E-state index in [0.29, 0.717) is 6.42 Å². The van der Waals surface area contributed by atoms with Crippen molar-refractivity contribution in [3.05, 3.63) is 41.2 Å². The molecular formula is C14H17N5. The Morgan fingerprint density at radius 3 is 2.95 bits per heavy atom. The van der Waals surface area contributed by atoms with Crippen LogP contribution in [0.25, 0.3) is 5.57 Å². The molecule has 2 aromatic rings. The Balaban J connectivity index is 1.89. The number of nitrogen functional groups attached to an aromatic ring is 1. The van der Waals surface area contributed by atoms with Crippen LogP contribution in [0.5, 0.6) is 0 Å². The minimum Gasteiger partial charge on any atom is -0.398 e. The van der Waals surface area contributed by atoms with Crippen LogP contribution in [-0.4, -0.2) is 20.6 Å². The predicted molar refractivity (Wildman–Crippen MR) is 74.3 cm³/mol. The van der Waals surface area contributed by atoms with Crippen LogP contribution in [0.15, 0.2) is 24.3 Å². The SMILES string of the molecule is Nc1ccc(Cc2nnn[nH]2)cc1C1=CCCCC1.